The molecule has 0 aliphatic carbocycles. The number of nitrogens with zero attached hydrogens (tertiary/aromatic N) is 4. The lowest BCUT2D eigenvalue weighted by atomic mass is 10.2. The fourth-order valence-electron chi connectivity index (χ4n) is 2.65. The Bertz CT molecular complexity index is 1170. The zero-order valence-electron chi connectivity index (χ0n) is 13.8. The normalized spacial score (nSPS) is 15.9. The number of ether oxygens (including phenoxy) is 2. The summed E-state index contributed by atoms with van der Waals surface area (Å²) in [5.41, 5.74) is 0.563. The summed E-state index contributed by atoms with van der Waals surface area (Å²) >= 11 is 2.74. The van der Waals surface area contributed by atoms with Crippen molar-refractivity contribution < 1.29 is 13.9 Å². The number of rotatable bonds is 4. The Labute approximate surface area is 160 Å². The van der Waals surface area contributed by atoms with Crippen molar-refractivity contribution in [2.45, 2.75) is 17.1 Å². The highest BCUT2D eigenvalue weighted by molar-refractivity contribution is 7.98. The average Bonchev–Trinajstić information content (AvgIpc) is 3.36. The highest BCUT2D eigenvalue weighted by Crippen LogP contribution is 2.36. The fraction of sp³-hybridized carbons (Fsp3) is 0.176. The molecule has 0 fully saturated rings. The van der Waals surface area contributed by atoms with Gasteiger partial charge in [-0.2, -0.15) is 0 Å². The predicted molar refractivity (Wildman–Crippen MR) is 98.5 cm³/mol. The Morgan fingerprint density at radius 3 is 3.07 bits per heavy atom. The lowest BCUT2D eigenvalue weighted by Crippen LogP contribution is -2.21. The lowest BCUT2D eigenvalue weighted by molar-refractivity contribution is 0.0686. The molecule has 0 spiro atoms. The van der Waals surface area contributed by atoms with E-state index in [0.717, 1.165) is 0 Å². The Hall–Kier alpha value is -2.85. The smallest absolute Gasteiger partial charge is 0.277 e. The third-order valence-corrected chi connectivity index (χ3v) is 5.51. The summed E-state index contributed by atoms with van der Waals surface area (Å²) in [5.74, 6) is 2.16. The second-order valence-electron chi connectivity index (χ2n) is 5.70. The van der Waals surface area contributed by atoms with E-state index in [1.54, 1.807) is 6.20 Å². The van der Waals surface area contributed by atoms with Gasteiger partial charge in [-0.3, -0.25) is 9.20 Å². The summed E-state index contributed by atoms with van der Waals surface area (Å²) in [6.45, 7) is 0.302. The quantitative estimate of drug-likeness (QED) is 0.483. The van der Waals surface area contributed by atoms with Gasteiger partial charge in [-0.05, 0) is 12.1 Å². The van der Waals surface area contributed by atoms with Crippen LogP contribution >= 0.6 is 23.1 Å². The molecule has 0 saturated carbocycles. The molecule has 27 heavy (non-hydrogen) atoms. The molecule has 0 bridgehead atoms. The van der Waals surface area contributed by atoms with Crippen molar-refractivity contribution in [3.05, 3.63) is 63.8 Å². The molecule has 3 aromatic heterocycles. The van der Waals surface area contributed by atoms with Gasteiger partial charge in [0.25, 0.3) is 16.7 Å². The highest BCUT2D eigenvalue weighted by atomic mass is 32.2. The van der Waals surface area contributed by atoms with Gasteiger partial charge in [-0.25, -0.2) is 4.98 Å². The third-order valence-electron chi connectivity index (χ3n) is 3.91. The minimum absolute atomic E-state index is 0.102. The van der Waals surface area contributed by atoms with E-state index in [4.69, 9.17) is 13.9 Å². The molecule has 4 aromatic rings. The molecular formula is C17H12N4O4S2. The standard InChI is InChI=1S/C17H12N4O4S2/c22-14-7-10(18-16-21(14)5-6-26-16)9-27-17-20-19-15(25-17)13-8-23-11-3-1-2-4-12(11)24-13/h1-7,13H,8-9H2/t13-/m1/s1. The van der Waals surface area contributed by atoms with E-state index < -0.39 is 6.10 Å². The molecule has 136 valence electrons. The number of fused-ring (bicyclic) bond motifs is 2. The number of para-hydroxylation sites is 2. The molecular weight excluding hydrogens is 388 g/mol. The fourth-order valence-corrected chi connectivity index (χ4v) is 4.05. The van der Waals surface area contributed by atoms with Crippen molar-refractivity contribution >= 4 is 28.1 Å². The van der Waals surface area contributed by atoms with Crippen LogP contribution in [0.25, 0.3) is 4.96 Å². The third kappa shape index (κ3) is 3.17. The number of aromatic nitrogens is 4. The average molecular weight is 400 g/mol. The van der Waals surface area contributed by atoms with Gasteiger partial charge in [0, 0.05) is 23.4 Å². The van der Waals surface area contributed by atoms with E-state index >= 15 is 0 Å². The Morgan fingerprint density at radius 2 is 2.15 bits per heavy atom. The van der Waals surface area contributed by atoms with Crippen LogP contribution in [0.3, 0.4) is 0 Å². The van der Waals surface area contributed by atoms with E-state index in [1.165, 1.54) is 33.6 Å². The summed E-state index contributed by atoms with van der Waals surface area (Å²) in [7, 11) is 0. The van der Waals surface area contributed by atoms with E-state index in [2.05, 4.69) is 15.2 Å². The van der Waals surface area contributed by atoms with Crippen molar-refractivity contribution in [2.24, 2.45) is 0 Å². The van der Waals surface area contributed by atoms with Gasteiger partial charge in [0.15, 0.2) is 16.5 Å². The monoisotopic (exact) mass is 400 g/mol. The summed E-state index contributed by atoms with van der Waals surface area (Å²) < 4.78 is 18.7. The zero-order valence-corrected chi connectivity index (χ0v) is 15.4. The minimum Gasteiger partial charge on any atom is -0.485 e. The van der Waals surface area contributed by atoms with Crippen LogP contribution in [0.5, 0.6) is 11.5 Å². The predicted octanol–water partition coefficient (Wildman–Crippen LogP) is 2.94. The van der Waals surface area contributed by atoms with Gasteiger partial charge in [0.1, 0.15) is 6.61 Å². The van der Waals surface area contributed by atoms with Crippen LogP contribution in [0.1, 0.15) is 17.7 Å². The molecule has 0 unspecified atom stereocenters. The second-order valence-corrected chi connectivity index (χ2v) is 7.50. The molecule has 1 aliphatic rings. The molecule has 0 radical (unpaired) electrons. The maximum atomic E-state index is 12.0. The first-order chi connectivity index (χ1) is 13.3. The summed E-state index contributed by atoms with van der Waals surface area (Å²) in [6.07, 6.45) is 1.26. The Balaban J connectivity index is 1.29. The van der Waals surface area contributed by atoms with Crippen molar-refractivity contribution in [3.63, 3.8) is 0 Å². The second kappa shape index (κ2) is 6.71. The number of hydrogen-bond acceptors (Lipinski definition) is 9. The van der Waals surface area contributed by atoms with Crippen LogP contribution in [0.2, 0.25) is 0 Å². The zero-order chi connectivity index (χ0) is 18.2. The van der Waals surface area contributed by atoms with Gasteiger partial charge < -0.3 is 13.9 Å². The lowest BCUT2D eigenvalue weighted by Gasteiger charge is -2.23. The molecule has 10 heteroatoms. The molecule has 0 N–H and O–H groups in total. The van der Waals surface area contributed by atoms with Crippen molar-refractivity contribution in [2.75, 3.05) is 6.61 Å². The largest absolute Gasteiger partial charge is 0.485 e. The molecule has 1 aliphatic heterocycles. The van der Waals surface area contributed by atoms with E-state index in [9.17, 15) is 4.79 Å². The van der Waals surface area contributed by atoms with Crippen LogP contribution in [0.4, 0.5) is 0 Å². The van der Waals surface area contributed by atoms with Crippen LogP contribution in [-0.4, -0.2) is 26.2 Å². The number of thioether (sulfide) groups is 1. The number of benzene rings is 1. The van der Waals surface area contributed by atoms with Gasteiger partial charge in [-0.15, -0.1) is 21.5 Å². The highest BCUT2D eigenvalue weighted by Gasteiger charge is 2.27. The molecule has 1 aromatic carbocycles. The van der Waals surface area contributed by atoms with Crippen LogP contribution in [-0.2, 0) is 5.75 Å². The first-order valence-electron chi connectivity index (χ1n) is 8.07. The van der Waals surface area contributed by atoms with Crippen molar-refractivity contribution in [1.82, 2.24) is 19.6 Å². The molecule has 1 atom stereocenters. The van der Waals surface area contributed by atoms with Crippen LogP contribution < -0.4 is 15.0 Å². The van der Waals surface area contributed by atoms with Crippen molar-refractivity contribution in [1.29, 1.82) is 0 Å². The number of hydrogen-bond donors (Lipinski definition) is 0. The Morgan fingerprint density at radius 1 is 1.26 bits per heavy atom. The van der Waals surface area contributed by atoms with Gasteiger partial charge in [0.05, 0.1) is 5.69 Å². The maximum absolute atomic E-state index is 12.0. The van der Waals surface area contributed by atoms with Gasteiger partial charge in [0.2, 0.25) is 6.10 Å². The first-order valence-corrected chi connectivity index (χ1v) is 9.93. The van der Waals surface area contributed by atoms with Crippen LogP contribution in [0, 0.1) is 0 Å². The topological polar surface area (TPSA) is 91.8 Å². The molecule has 0 amide bonds. The van der Waals surface area contributed by atoms with Gasteiger partial charge >= 0.3 is 0 Å². The van der Waals surface area contributed by atoms with E-state index in [0.29, 0.717) is 45.6 Å². The summed E-state index contributed by atoms with van der Waals surface area (Å²) in [4.78, 5) is 17.1. The molecule has 5 rings (SSSR count). The number of thiazole rings is 1. The summed E-state index contributed by atoms with van der Waals surface area (Å²) in [6, 6.07) is 8.95. The first kappa shape index (κ1) is 16.3. The van der Waals surface area contributed by atoms with E-state index in [1.807, 2.05) is 29.6 Å². The van der Waals surface area contributed by atoms with Crippen molar-refractivity contribution in [3.8, 4) is 11.5 Å². The molecule has 8 nitrogen and oxygen atoms in total. The van der Waals surface area contributed by atoms with E-state index in [-0.39, 0.29) is 5.56 Å². The maximum Gasteiger partial charge on any atom is 0.277 e. The van der Waals surface area contributed by atoms with Crippen LogP contribution in [0.15, 0.2) is 56.3 Å². The Kier molecular flexibility index (Phi) is 4.06. The molecule has 4 heterocycles. The summed E-state index contributed by atoms with van der Waals surface area (Å²) in [5, 5.41) is 10.3. The van der Waals surface area contributed by atoms with Gasteiger partial charge in [-0.1, -0.05) is 23.9 Å². The minimum atomic E-state index is -0.452. The molecule has 0 saturated heterocycles. The SMILES string of the molecule is O=c1cc(CSc2nnc([C@H]3COc4ccccc4O3)o2)nc2sccn12.